The fourth-order valence-electron chi connectivity index (χ4n) is 3.29. The lowest BCUT2D eigenvalue weighted by Crippen LogP contribution is -2.24. The SMILES string of the molecule is CC(C)(C)CC(C)(C)c1ccc([O])cc1.CC(C)(C)c1ccc([O])cc1. The molecular weight excluding hydrogens is 320 g/mol. The molecule has 0 saturated carbocycles. The Morgan fingerprint density at radius 3 is 1.23 bits per heavy atom. The molecule has 2 heteroatoms. The third-order valence-electron chi connectivity index (χ3n) is 4.33. The highest BCUT2D eigenvalue weighted by molar-refractivity contribution is 5.31. The molecule has 0 saturated heterocycles. The molecule has 0 bridgehead atoms. The van der Waals surface area contributed by atoms with Gasteiger partial charge in [-0.1, -0.05) is 79.7 Å². The normalized spacial score (nSPS) is 12.3. The van der Waals surface area contributed by atoms with E-state index < -0.39 is 0 Å². The second-order valence-electron chi connectivity index (χ2n) is 9.92. The van der Waals surface area contributed by atoms with Gasteiger partial charge in [-0.05, 0) is 58.1 Å². The zero-order chi connectivity index (χ0) is 20.2. The summed E-state index contributed by atoms with van der Waals surface area (Å²) in [5.41, 5.74) is 3.04. The Morgan fingerprint density at radius 1 is 0.577 bits per heavy atom. The van der Waals surface area contributed by atoms with Gasteiger partial charge < -0.3 is 0 Å². The Kier molecular flexibility index (Phi) is 6.93. The van der Waals surface area contributed by atoms with Gasteiger partial charge in [0, 0.05) is 0 Å². The maximum absolute atomic E-state index is 11.0. The first kappa shape index (κ1) is 22.1. The molecule has 2 rings (SSSR count). The predicted octanol–water partition coefficient (Wildman–Crippen LogP) is 7.67. The van der Waals surface area contributed by atoms with E-state index in [0.717, 1.165) is 6.42 Å². The van der Waals surface area contributed by atoms with E-state index >= 15 is 0 Å². The van der Waals surface area contributed by atoms with Crippen LogP contribution in [-0.2, 0) is 21.0 Å². The van der Waals surface area contributed by atoms with Crippen LogP contribution in [0.1, 0.15) is 72.9 Å². The quantitative estimate of drug-likeness (QED) is 0.531. The van der Waals surface area contributed by atoms with Gasteiger partial charge in [0.25, 0.3) is 0 Å². The van der Waals surface area contributed by atoms with Crippen LogP contribution in [0.25, 0.3) is 0 Å². The van der Waals surface area contributed by atoms with Crippen LogP contribution in [0.4, 0.5) is 0 Å². The van der Waals surface area contributed by atoms with Crippen LogP contribution >= 0.6 is 0 Å². The van der Waals surface area contributed by atoms with E-state index in [4.69, 9.17) is 0 Å². The van der Waals surface area contributed by atoms with Crippen molar-refractivity contribution in [1.29, 1.82) is 0 Å². The molecule has 2 nitrogen and oxygen atoms in total. The fourth-order valence-corrected chi connectivity index (χ4v) is 3.29. The minimum atomic E-state index is 0.0815. The van der Waals surface area contributed by atoms with E-state index in [1.807, 2.05) is 24.3 Å². The number of benzene rings is 2. The molecule has 0 unspecified atom stereocenters. The van der Waals surface area contributed by atoms with Crippen molar-refractivity contribution >= 4 is 0 Å². The van der Waals surface area contributed by atoms with Gasteiger partial charge >= 0.3 is 0 Å². The Balaban J connectivity index is 0.000000273. The van der Waals surface area contributed by atoms with Gasteiger partial charge in [-0.3, -0.25) is 10.2 Å². The topological polar surface area (TPSA) is 39.8 Å². The summed E-state index contributed by atoms with van der Waals surface area (Å²) >= 11 is 0. The van der Waals surface area contributed by atoms with Crippen molar-refractivity contribution in [2.75, 3.05) is 0 Å². The number of rotatable bonds is 2. The molecule has 0 heterocycles. The molecule has 0 N–H and O–H groups in total. The second kappa shape index (κ2) is 8.16. The average Bonchev–Trinajstić information content (AvgIpc) is 2.45. The summed E-state index contributed by atoms with van der Waals surface area (Å²) in [6.07, 6.45) is 1.11. The Bertz CT molecular complexity index is 666. The first-order valence-electron chi connectivity index (χ1n) is 9.26. The molecule has 0 aliphatic heterocycles. The van der Waals surface area contributed by atoms with Gasteiger partial charge in [-0.15, -0.1) is 0 Å². The van der Waals surface area contributed by atoms with Crippen LogP contribution in [0.15, 0.2) is 48.5 Å². The smallest absolute Gasteiger partial charge is 0.178 e. The van der Waals surface area contributed by atoms with Crippen LogP contribution in [0.5, 0.6) is 11.5 Å². The van der Waals surface area contributed by atoms with Crippen molar-refractivity contribution in [1.82, 2.24) is 0 Å². The lowest BCUT2D eigenvalue weighted by molar-refractivity contribution is 0.283. The lowest BCUT2D eigenvalue weighted by atomic mass is 9.72. The fraction of sp³-hybridized carbons (Fsp3) is 0.500. The molecule has 0 atom stereocenters. The molecule has 0 aliphatic carbocycles. The number of hydrogen-bond donors (Lipinski definition) is 0. The zero-order valence-corrected chi connectivity index (χ0v) is 17.6. The van der Waals surface area contributed by atoms with Crippen molar-refractivity contribution in [2.24, 2.45) is 5.41 Å². The summed E-state index contributed by atoms with van der Waals surface area (Å²) in [6, 6.07) is 14.2. The summed E-state index contributed by atoms with van der Waals surface area (Å²) in [4.78, 5) is 0. The monoisotopic (exact) mass is 354 g/mol. The van der Waals surface area contributed by atoms with E-state index in [9.17, 15) is 10.2 Å². The summed E-state index contributed by atoms with van der Waals surface area (Å²) in [5, 5.41) is 21.8. The molecule has 0 amide bonds. The minimum absolute atomic E-state index is 0.0815. The van der Waals surface area contributed by atoms with Gasteiger partial charge in [0.1, 0.15) is 0 Å². The summed E-state index contributed by atoms with van der Waals surface area (Å²) < 4.78 is 0. The van der Waals surface area contributed by atoms with Crippen molar-refractivity contribution in [3.63, 3.8) is 0 Å². The van der Waals surface area contributed by atoms with E-state index in [0.29, 0.717) is 5.41 Å². The summed E-state index contributed by atoms with van der Waals surface area (Å²) in [7, 11) is 0. The molecule has 26 heavy (non-hydrogen) atoms. The van der Waals surface area contributed by atoms with Gasteiger partial charge in [0.05, 0.1) is 0 Å². The first-order valence-corrected chi connectivity index (χ1v) is 9.26. The Labute approximate surface area is 159 Å². The van der Waals surface area contributed by atoms with Crippen LogP contribution in [0.2, 0.25) is 0 Å². The largest absolute Gasteiger partial charge is 0.290 e. The maximum atomic E-state index is 11.0. The van der Waals surface area contributed by atoms with Crippen LogP contribution in [0.3, 0.4) is 0 Å². The van der Waals surface area contributed by atoms with Crippen molar-refractivity contribution < 1.29 is 10.2 Å². The molecule has 2 aromatic carbocycles. The predicted molar refractivity (Wildman–Crippen MR) is 109 cm³/mol. The van der Waals surface area contributed by atoms with Crippen molar-refractivity contribution in [2.45, 2.75) is 72.6 Å². The molecular formula is C24H34O2. The molecule has 0 aromatic heterocycles. The molecule has 0 fully saturated rings. The summed E-state index contributed by atoms with van der Waals surface area (Å²) in [6.45, 7) is 17.6. The van der Waals surface area contributed by atoms with Crippen LogP contribution < -0.4 is 0 Å². The standard InChI is InChI=1S/C14H21O.C10H13O/c1-13(2,3)10-14(4,5)11-6-8-12(15)9-7-11;1-10(2,3)8-4-6-9(11)7-5-8/h6-9H,10H2,1-5H3;4-7H,1-3H3. The van der Waals surface area contributed by atoms with Gasteiger partial charge in [-0.2, -0.15) is 0 Å². The highest BCUT2D eigenvalue weighted by Gasteiger charge is 2.27. The van der Waals surface area contributed by atoms with E-state index in [2.05, 4.69) is 55.4 Å². The molecule has 2 aromatic rings. The van der Waals surface area contributed by atoms with Crippen LogP contribution in [-0.4, -0.2) is 0 Å². The Morgan fingerprint density at radius 2 is 0.923 bits per heavy atom. The highest BCUT2D eigenvalue weighted by atomic mass is 16.3. The van der Waals surface area contributed by atoms with E-state index in [1.165, 1.54) is 11.1 Å². The van der Waals surface area contributed by atoms with Crippen molar-refractivity contribution in [3.8, 4) is 11.5 Å². The van der Waals surface area contributed by atoms with Crippen molar-refractivity contribution in [3.05, 3.63) is 59.7 Å². The number of hydrogen-bond acceptors (Lipinski definition) is 0. The van der Waals surface area contributed by atoms with E-state index in [1.54, 1.807) is 24.3 Å². The van der Waals surface area contributed by atoms with E-state index in [-0.39, 0.29) is 22.3 Å². The average molecular weight is 355 g/mol. The molecule has 2 radical (unpaired) electrons. The Hall–Kier alpha value is -1.96. The third kappa shape index (κ3) is 7.51. The minimum Gasteiger partial charge on any atom is -0.290 e. The zero-order valence-electron chi connectivity index (χ0n) is 17.6. The third-order valence-corrected chi connectivity index (χ3v) is 4.33. The summed E-state index contributed by atoms with van der Waals surface area (Å²) in [5.74, 6) is 0.170. The first-order chi connectivity index (χ1) is 11.7. The molecule has 0 aliphatic rings. The van der Waals surface area contributed by atoms with Crippen LogP contribution in [0, 0.1) is 5.41 Å². The van der Waals surface area contributed by atoms with Gasteiger partial charge in [0.15, 0.2) is 11.5 Å². The maximum Gasteiger partial charge on any atom is 0.178 e. The van der Waals surface area contributed by atoms with Gasteiger partial charge in [-0.25, -0.2) is 0 Å². The van der Waals surface area contributed by atoms with Gasteiger partial charge in [0.2, 0.25) is 0 Å². The lowest BCUT2D eigenvalue weighted by Gasteiger charge is -2.32. The second-order valence-corrected chi connectivity index (χ2v) is 9.92. The molecule has 142 valence electrons. The molecule has 0 spiro atoms. The highest BCUT2D eigenvalue weighted by Crippen LogP contribution is 2.36.